The van der Waals surface area contributed by atoms with Crippen molar-refractivity contribution in [2.45, 2.75) is 18.9 Å². The molecule has 0 aromatic heterocycles. The van der Waals surface area contributed by atoms with Crippen LogP contribution in [0, 0.1) is 0 Å². The second kappa shape index (κ2) is 5.44. The van der Waals surface area contributed by atoms with Gasteiger partial charge in [0.2, 0.25) is 0 Å². The summed E-state index contributed by atoms with van der Waals surface area (Å²) >= 11 is 3.92. The normalized spacial score (nSPS) is 14.5. The number of thiol groups is 1. The number of carboxylic acid groups (broad SMARTS) is 1. The van der Waals surface area contributed by atoms with Gasteiger partial charge in [-0.15, -0.1) is 0 Å². The van der Waals surface area contributed by atoms with E-state index in [0.29, 0.717) is 6.42 Å². The molecule has 0 aliphatic heterocycles. The Morgan fingerprint density at radius 3 is 2.60 bits per heavy atom. The van der Waals surface area contributed by atoms with Gasteiger partial charge >= 0.3 is 5.97 Å². The van der Waals surface area contributed by atoms with Crippen LogP contribution in [0.15, 0.2) is 30.3 Å². The third-order valence-corrected chi connectivity index (χ3v) is 2.96. The van der Waals surface area contributed by atoms with E-state index in [4.69, 9.17) is 5.11 Å². The number of hydrogen-bond acceptors (Lipinski definition) is 4. The third-order valence-electron chi connectivity index (χ3n) is 2.14. The van der Waals surface area contributed by atoms with Crippen LogP contribution < -0.4 is 4.72 Å². The van der Waals surface area contributed by atoms with Gasteiger partial charge in [0.1, 0.15) is 5.54 Å². The van der Waals surface area contributed by atoms with Crippen molar-refractivity contribution in [2.24, 2.45) is 0 Å². The molecule has 5 heteroatoms. The molecule has 82 valence electrons. The summed E-state index contributed by atoms with van der Waals surface area (Å²) in [6, 6.07) is 9.51. The van der Waals surface area contributed by atoms with Crippen LogP contribution in [-0.2, 0) is 11.2 Å². The van der Waals surface area contributed by atoms with Crippen LogP contribution >= 0.6 is 22.6 Å². The van der Waals surface area contributed by atoms with Crippen molar-refractivity contribution in [2.75, 3.05) is 0 Å². The summed E-state index contributed by atoms with van der Waals surface area (Å²) in [6.45, 7) is 1.64. The minimum absolute atomic E-state index is 0.427. The first-order valence-electron chi connectivity index (χ1n) is 4.43. The van der Waals surface area contributed by atoms with Gasteiger partial charge in [-0.1, -0.05) is 42.0 Å². The minimum Gasteiger partial charge on any atom is -0.480 e. The molecule has 0 heterocycles. The van der Waals surface area contributed by atoms with Gasteiger partial charge in [-0.05, 0) is 23.5 Å². The quantitative estimate of drug-likeness (QED) is 0.421. The lowest BCUT2D eigenvalue weighted by atomic mass is 9.94. The predicted octanol–water partition coefficient (Wildman–Crippen LogP) is 2.16. The number of hydrogen-bond donors (Lipinski definition) is 3. The molecule has 15 heavy (non-hydrogen) atoms. The van der Waals surface area contributed by atoms with Crippen LogP contribution in [0.1, 0.15) is 12.5 Å². The van der Waals surface area contributed by atoms with E-state index in [-0.39, 0.29) is 0 Å². The minimum atomic E-state index is -0.992. The molecule has 1 aromatic rings. The van der Waals surface area contributed by atoms with E-state index >= 15 is 0 Å². The van der Waals surface area contributed by atoms with E-state index in [1.807, 2.05) is 30.3 Å². The van der Waals surface area contributed by atoms with Gasteiger partial charge in [0, 0.05) is 6.42 Å². The Morgan fingerprint density at radius 2 is 2.13 bits per heavy atom. The topological polar surface area (TPSA) is 49.3 Å². The smallest absolute Gasteiger partial charge is 0.324 e. The van der Waals surface area contributed by atoms with Crippen molar-refractivity contribution in [1.82, 2.24) is 4.72 Å². The summed E-state index contributed by atoms with van der Waals surface area (Å²) in [7, 11) is 1.02. The summed E-state index contributed by atoms with van der Waals surface area (Å²) in [4.78, 5) is 11.1. The molecule has 0 saturated carbocycles. The van der Waals surface area contributed by atoms with Gasteiger partial charge < -0.3 is 5.11 Å². The third kappa shape index (κ3) is 3.44. The van der Waals surface area contributed by atoms with Gasteiger partial charge in [-0.3, -0.25) is 4.79 Å². The average molecular weight is 243 g/mol. The lowest BCUT2D eigenvalue weighted by Gasteiger charge is -2.24. The first-order valence-corrected chi connectivity index (χ1v) is 6.30. The highest BCUT2D eigenvalue weighted by atomic mass is 33.1. The molecule has 1 rings (SSSR count). The van der Waals surface area contributed by atoms with Gasteiger partial charge in [0.25, 0.3) is 0 Å². The first kappa shape index (κ1) is 12.4. The van der Waals surface area contributed by atoms with Crippen molar-refractivity contribution in [1.29, 1.82) is 0 Å². The Labute approximate surface area is 98.2 Å². The Hall–Kier alpha value is -0.650. The number of rotatable bonds is 5. The largest absolute Gasteiger partial charge is 0.480 e. The fourth-order valence-corrected chi connectivity index (χ4v) is 2.23. The molecule has 0 fully saturated rings. The van der Waals surface area contributed by atoms with E-state index in [0.717, 1.165) is 16.5 Å². The molecular weight excluding hydrogens is 230 g/mol. The lowest BCUT2D eigenvalue weighted by molar-refractivity contribution is -0.143. The zero-order chi connectivity index (χ0) is 11.3. The number of aliphatic carboxylic acids is 1. The number of benzene rings is 1. The van der Waals surface area contributed by atoms with Crippen molar-refractivity contribution < 1.29 is 9.90 Å². The number of carboxylic acids is 1. The molecule has 2 N–H and O–H groups in total. The molecule has 0 radical (unpaired) electrons. The highest BCUT2D eigenvalue weighted by molar-refractivity contribution is 8.67. The number of nitrogens with one attached hydrogen (secondary N) is 1. The monoisotopic (exact) mass is 243 g/mol. The second-order valence-electron chi connectivity index (χ2n) is 3.49. The average Bonchev–Trinajstić information content (AvgIpc) is 2.19. The van der Waals surface area contributed by atoms with E-state index in [9.17, 15) is 4.79 Å². The summed E-state index contributed by atoms with van der Waals surface area (Å²) in [5.74, 6) is -0.882. The molecule has 0 amide bonds. The highest BCUT2D eigenvalue weighted by Gasteiger charge is 2.32. The van der Waals surface area contributed by atoms with Gasteiger partial charge in [-0.25, -0.2) is 4.72 Å². The van der Waals surface area contributed by atoms with E-state index < -0.39 is 11.5 Å². The highest BCUT2D eigenvalue weighted by Crippen LogP contribution is 2.17. The van der Waals surface area contributed by atoms with Crippen LogP contribution in [-0.4, -0.2) is 16.6 Å². The Bertz CT molecular complexity index is 331. The predicted molar refractivity (Wildman–Crippen MR) is 65.9 cm³/mol. The summed E-state index contributed by atoms with van der Waals surface area (Å²) in [5.41, 5.74) is -0.00870. The molecule has 0 saturated heterocycles. The lowest BCUT2D eigenvalue weighted by Crippen LogP contribution is -2.47. The van der Waals surface area contributed by atoms with Crippen LogP contribution in [0.5, 0.6) is 0 Å². The Balaban J connectivity index is 2.80. The molecular formula is C10H13NO2S2. The zero-order valence-corrected chi connectivity index (χ0v) is 10.0. The summed E-state index contributed by atoms with van der Waals surface area (Å²) < 4.78 is 2.79. The maximum absolute atomic E-state index is 11.1. The molecule has 0 spiro atoms. The molecule has 0 unspecified atom stereocenters. The standard InChI is InChI=1S/C10H13NO2S2/c1-10(9(12)13,11-15-14)7-8-5-3-2-4-6-8/h2-6,11,14H,7H2,1H3,(H,12,13)/t10-/m0/s1. The molecule has 0 aliphatic rings. The SMILES string of the molecule is C[C@@](Cc1ccccc1)(NSS)C(=O)O. The van der Waals surface area contributed by atoms with Crippen LogP contribution in [0.4, 0.5) is 0 Å². The number of carbonyl (C=O) groups is 1. The zero-order valence-electron chi connectivity index (χ0n) is 8.30. The Kier molecular flexibility index (Phi) is 4.50. The van der Waals surface area contributed by atoms with Crippen LogP contribution in [0.2, 0.25) is 0 Å². The molecule has 0 aliphatic carbocycles. The molecule has 3 nitrogen and oxygen atoms in total. The van der Waals surface area contributed by atoms with Gasteiger partial charge in [-0.2, -0.15) is 0 Å². The van der Waals surface area contributed by atoms with Gasteiger partial charge in [0.05, 0.1) is 0 Å². The van der Waals surface area contributed by atoms with Crippen molar-refractivity contribution in [3.8, 4) is 0 Å². The van der Waals surface area contributed by atoms with Gasteiger partial charge in [0.15, 0.2) is 0 Å². The maximum Gasteiger partial charge on any atom is 0.324 e. The molecule has 1 aromatic carbocycles. The van der Waals surface area contributed by atoms with Crippen LogP contribution in [0.25, 0.3) is 0 Å². The fraction of sp³-hybridized carbons (Fsp3) is 0.300. The van der Waals surface area contributed by atoms with E-state index in [2.05, 4.69) is 16.4 Å². The maximum atomic E-state index is 11.1. The summed E-state index contributed by atoms with van der Waals surface area (Å²) in [5, 5.41) is 9.12. The molecule has 1 atom stereocenters. The fourth-order valence-electron chi connectivity index (χ4n) is 1.26. The summed E-state index contributed by atoms with van der Waals surface area (Å²) in [6.07, 6.45) is 0.427. The van der Waals surface area contributed by atoms with E-state index in [1.54, 1.807) is 6.92 Å². The van der Waals surface area contributed by atoms with Crippen LogP contribution in [0.3, 0.4) is 0 Å². The second-order valence-corrected chi connectivity index (χ2v) is 4.43. The molecule has 0 bridgehead atoms. The first-order chi connectivity index (χ1) is 7.08. The Morgan fingerprint density at radius 1 is 1.53 bits per heavy atom. The van der Waals surface area contributed by atoms with E-state index in [1.165, 1.54) is 0 Å². The van der Waals surface area contributed by atoms with Crippen molar-refractivity contribution >= 4 is 28.6 Å². The van der Waals surface area contributed by atoms with Crippen molar-refractivity contribution in [3.63, 3.8) is 0 Å². The van der Waals surface area contributed by atoms with Crippen molar-refractivity contribution in [3.05, 3.63) is 35.9 Å².